The van der Waals surface area contributed by atoms with Gasteiger partial charge < -0.3 is 15.0 Å². The Balaban J connectivity index is 1.56. The number of ketones is 2. The average molecular weight is 556 g/mol. The summed E-state index contributed by atoms with van der Waals surface area (Å²) in [4.78, 5) is 50.4. The molecule has 0 saturated carbocycles. The van der Waals surface area contributed by atoms with Crippen LogP contribution < -0.4 is 15.0 Å². The first-order chi connectivity index (χ1) is 20.4. The summed E-state index contributed by atoms with van der Waals surface area (Å²) in [7, 11) is 1.55. The predicted molar refractivity (Wildman–Crippen MR) is 161 cm³/mol. The highest BCUT2D eigenvalue weighted by molar-refractivity contribution is 6.18. The number of allylic oxidation sites excluding steroid dienone is 1. The van der Waals surface area contributed by atoms with Crippen molar-refractivity contribution in [1.29, 1.82) is 0 Å². The van der Waals surface area contributed by atoms with E-state index in [1.165, 1.54) is 0 Å². The van der Waals surface area contributed by atoms with Gasteiger partial charge in [0.15, 0.2) is 11.6 Å². The molecule has 4 aromatic rings. The number of aromatic nitrogens is 1. The van der Waals surface area contributed by atoms with Crippen molar-refractivity contribution in [1.82, 2.24) is 4.98 Å². The molecule has 1 N–H and O–H groups in total. The lowest BCUT2D eigenvalue weighted by Gasteiger charge is -2.39. The van der Waals surface area contributed by atoms with E-state index in [4.69, 9.17) is 4.74 Å². The molecule has 7 rings (SSSR count). The molecule has 3 aliphatic heterocycles. The molecule has 0 radical (unpaired) electrons. The monoisotopic (exact) mass is 555 g/mol. The van der Waals surface area contributed by atoms with Gasteiger partial charge in [-0.25, -0.2) is 0 Å². The topological polar surface area (TPSA) is 88.6 Å². The number of nitrogens with zero attached hydrogens (tertiary/aromatic N) is 2. The number of Topliss-reactive ketones (excluding diaryl/α,β-unsaturated/α-hetero) is 2. The number of amides is 1. The molecule has 42 heavy (non-hydrogen) atoms. The molecule has 1 spiro atoms. The number of fused-ring (bicyclic) bond motifs is 6. The van der Waals surface area contributed by atoms with Crippen LogP contribution in [-0.2, 0) is 10.2 Å². The van der Waals surface area contributed by atoms with Gasteiger partial charge in [0.2, 0.25) is 5.91 Å². The average Bonchev–Trinajstić information content (AvgIpc) is 3.49. The van der Waals surface area contributed by atoms with Crippen molar-refractivity contribution >= 4 is 34.4 Å². The van der Waals surface area contributed by atoms with Gasteiger partial charge in [-0.05, 0) is 67.4 Å². The maximum atomic E-state index is 14.8. The summed E-state index contributed by atoms with van der Waals surface area (Å²) in [5.41, 5.74) is 4.46. The van der Waals surface area contributed by atoms with Crippen molar-refractivity contribution in [3.63, 3.8) is 0 Å². The van der Waals surface area contributed by atoms with Crippen molar-refractivity contribution in [2.45, 2.75) is 31.3 Å². The molecule has 4 atom stereocenters. The number of carbonyl (C=O) groups excluding carboxylic acids is 3. The van der Waals surface area contributed by atoms with Crippen LogP contribution in [0.1, 0.15) is 44.5 Å². The van der Waals surface area contributed by atoms with Gasteiger partial charge in [-0.3, -0.25) is 19.4 Å². The third-order valence-corrected chi connectivity index (χ3v) is 8.95. The Labute approximate surface area is 243 Å². The van der Waals surface area contributed by atoms with Gasteiger partial charge in [-0.1, -0.05) is 54.1 Å². The number of anilines is 2. The number of carbonyl (C=O) groups is 3. The van der Waals surface area contributed by atoms with Crippen LogP contribution in [-0.4, -0.2) is 41.7 Å². The molecule has 7 nitrogen and oxygen atoms in total. The molecule has 0 bridgehead atoms. The summed E-state index contributed by atoms with van der Waals surface area (Å²) >= 11 is 0. The Morgan fingerprint density at radius 3 is 2.52 bits per heavy atom. The number of benzene rings is 3. The lowest BCUT2D eigenvalue weighted by Crippen LogP contribution is -2.51. The number of hydrogen-bond acceptors (Lipinski definition) is 6. The van der Waals surface area contributed by atoms with Gasteiger partial charge in [0.25, 0.3) is 0 Å². The molecule has 3 aromatic carbocycles. The number of hydrogen-bond donors (Lipinski definition) is 1. The zero-order valence-corrected chi connectivity index (χ0v) is 23.5. The molecule has 208 valence electrons. The quantitative estimate of drug-likeness (QED) is 0.321. The summed E-state index contributed by atoms with van der Waals surface area (Å²) in [6, 6.07) is 24.1. The van der Waals surface area contributed by atoms with Crippen molar-refractivity contribution in [3.05, 3.63) is 125 Å². The smallest absolute Gasteiger partial charge is 0.238 e. The minimum atomic E-state index is -1.38. The molecule has 1 saturated heterocycles. The standard InChI is InChI=1S/C35H29N3O4/c1-20-14-15-28-24(17-20)21(2)18-29-35(25-11-4-5-12-26(25)37-34(35)41)30(33(40)27-13-6-7-16-36-27)31(38(28)29)32(39)22-9-8-10-23(19-22)42-3/h4-19,29-31H,1-3H3,(H,37,41)/t29-,30+,31-,35+/m0/s1. The second kappa shape index (κ2) is 9.52. The second-order valence-corrected chi connectivity index (χ2v) is 11.2. The summed E-state index contributed by atoms with van der Waals surface area (Å²) in [6.07, 6.45) is 3.62. The van der Waals surface area contributed by atoms with Gasteiger partial charge in [0.1, 0.15) is 22.9 Å². The molecule has 7 heteroatoms. The van der Waals surface area contributed by atoms with E-state index in [0.717, 1.165) is 22.4 Å². The number of methoxy groups -OCH3 is 1. The van der Waals surface area contributed by atoms with E-state index >= 15 is 0 Å². The third kappa shape index (κ3) is 3.52. The first kappa shape index (κ1) is 25.9. The highest BCUT2D eigenvalue weighted by atomic mass is 16.5. The zero-order chi connectivity index (χ0) is 29.2. The normalized spacial score (nSPS) is 23.5. The number of aryl methyl sites for hydroxylation is 1. The van der Waals surface area contributed by atoms with Crippen molar-refractivity contribution in [2.24, 2.45) is 5.92 Å². The Hall–Kier alpha value is -5.04. The van der Waals surface area contributed by atoms with Crippen LogP contribution in [0.3, 0.4) is 0 Å². The van der Waals surface area contributed by atoms with E-state index in [9.17, 15) is 14.4 Å². The van der Waals surface area contributed by atoms with Crippen LogP contribution in [0.5, 0.6) is 5.75 Å². The van der Waals surface area contributed by atoms with Gasteiger partial charge >= 0.3 is 0 Å². The first-order valence-electron chi connectivity index (χ1n) is 14.0. The third-order valence-electron chi connectivity index (χ3n) is 8.95. The predicted octanol–water partition coefficient (Wildman–Crippen LogP) is 5.64. The van der Waals surface area contributed by atoms with E-state index in [0.29, 0.717) is 22.6 Å². The van der Waals surface area contributed by atoms with Gasteiger partial charge in [0, 0.05) is 28.7 Å². The maximum Gasteiger partial charge on any atom is 0.238 e. The Morgan fingerprint density at radius 1 is 0.929 bits per heavy atom. The first-order valence-corrected chi connectivity index (χ1v) is 14.0. The van der Waals surface area contributed by atoms with E-state index in [2.05, 4.69) is 22.4 Å². The highest BCUT2D eigenvalue weighted by Crippen LogP contribution is 2.58. The molecule has 4 heterocycles. The number of ether oxygens (including phenoxy) is 1. The van der Waals surface area contributed by atoms with Crippen LogP contribution in [0, 0.1) is 12.8 Å². The van der Waals surface area contributed by atoms with Gasteiger partial charge in [0.05, 0.1) is 19.1 Å². The summed E-state index contributed by atoms with van der Waals surface area (Å²) in [5.74, 6) is -1.45. The Kier molecular flexibility index (Phi) is 5.87. The molecule has 3 aliphatic rings. The number of pyridine rings is 1. The largest absolute Gasteiger partial charge is 0.497 e. The molecule has 1 aromatic heterocycles. The molecule has 0 unspecified atom stereocenters. The molecular formula is C35H29N3O4. The van der Waals surface area contributed by atoms with Gasteiger partial charge in [-0.15, -0.1) is 0 Å². The number of rotatable bonds is 5. The minimum absolute atomic E-state index is 0.215. The van der Waals surface area contributed by atoms with Crippen molar-refractivity contribution in [2.75, 3.05) is 17.3 Å². The van der Waals surface area contributed by atoms with Gasteiger partial charge in [-0.2, -0.15) is 0 Å². The van der Waals surface area contributed by atoms with Crippen LogP contribution in [0.15, 0.2) is 97.2 Å². The van der Waals surface area contributed by atoms with Crippen LogP contribution in [0.4, 0.5) is 11.4 Å². The SMILES string of the molecule is COc1cccc(C(=O)[C@@H]2[C@H](C(=O)c3ccccn3)[C@]3(C(=O)Nc4ccccc43)[C@@H]3C=C(C)c4cc(C)ccc4N23)c1. The molecule has 1 amide bonds. The minimum Gasteiger partial charge on any atom is -0.497 e. The van der Waals surface area contributed by atoms with E-state index < -0.39 is 23.4 Å². The fourth-order valence-corrected chi connectivity index (χ4v) is 7.16. The molecule has 1 fully saturated rings. The van der Waals surface area contributed by atoms with E-state index in [1.807, 2.05) is 55.1 Å². The summed E-state index contributed by atoms with van der Waals surface area (Å²) in [6.45, 7) is 4.05. The summed E-state index contributed by atoms with van der Waals surface area (Å²) in [5, 5.41) is 3.07. The maximum absolute atomic E-state index is 14.8. The van der Waals surface area contributed by atoms with Crippen LogP contribution >= 0.6 is 0 Å². The Morgan fingerprint density at radius 2 is 1.74 bits per heavy atom. The zero-order valence-electron chi connectivity index (χ0n) is 23.5. The van der Waals surface area contributed by atoms with E-state index in [1.54, 1.807) is 55.8 Å². The number of para-hydroxylation sites is 1. The van der Waals surface area contributed by atoms with Crippen molar-refractivity contribution in [3.8, 4) is 5.75 Å². The van der Waals surface area contributed by atoms with Crippen LogP contribution in [0.2, 0.25) is 0 Å². The Bertz CT molecular complexity index is 1810. The fourth-order valence-electron chi connectivity index (χ4n) is 7.16. The highest BCUT2D eigenvalue weighted by Gasteiger charge is 2.70. The lowest BCUT2D eigenvalue weighted by atomic mass is 9.64. The van der Waals surface area contributed by atoms with Crippen LogP contribution in [0.25, 0.3) is 5.57 Å². The van der Waals surface area contributed by atoms with E-state index in [-0.39, 0.29) is 23.2 Å². The molecule has 0 aliphatic carbocycles. The fraction of sp³-hybridized carbons (Fsp3) is 0.200. The van der Waals surface area contributed by atoms with Crippen molar-refractivity contribution < 1.29 is 19.1 Å². The second-order valence-electron chi connectivity index (χ2n) is 11.2. The molecular weight excluding hydrogens is 526 g/mol. The summed E-state index contributed by atoms with van der Waals surface area (Å²) < 4.78 is 5.44. The number of nitrogens with one attached hydrogen (secondary N) is 1. The lowest BCUT2D eigenvalue weighted by molar-refractivity contribution is -0.121.